The Labute approximate surface area is 128 Å². The van der Waals surface area contributed by atoms with Gasteiger partial charge in [-0.1, -0.05) is 44.2 Å². The summed E-state index contributed by atoms with van der Waals surface area (Å²) in [5.41, 5.74) is 1.22. The number of benzene rings is 1. The number of esters is 1. The minimum atomic E-state index is -0.243. The largest absolute Gasteiger partial charge is 0.459 e. The molecule has 0 saturated heterocycles. The monoisotopic (exact) mass is 288 g/mol. The average molecular weight is 288 g/mol. The molecule has 0 aromatic heterocycles. The maximum Gasteiger partial charge on any atom is 0.303 e. The molecule has 0 amide bonds. The highest BCUT2D eigenvalue weighted by Crippen LogP contribution is 2.44. The summed E-state index contributed by atoms with van der Waals surface area (Å²) in [6, 6.07) is 10.8. The van der Waals surface area contributed by atoms with E-state index in [1.807, 2.05) is 0 Å². The second kappa shape index (κ2) is 7.11. The third kappa shape index (κ3) is 3.66. The maximum atomic E-state index is 11.5. The zero-order valence-electron chi connectivity index (χ0n) is 13.6. The lowest BCUT2D eigenvalue weighted by molar-refractivity contribution is -0.167. The second-order valence-electron chi connectivity index (χ2n) is 6.32. The van der Waals surface area contributed by atoms with Crippen LogP contribution in [0.15, 0.2) is 30.3 Å². The van der Waals surface area contributed by atoms with Crippen LogP contribution in [-0.4, -0.2) is 11.6 Å². The molecule has 1 aliphatic rings. The second-order valence-corrected chi connectivity index (χ2v) is 6.32. The normalized spacial score (nSPS) is 22.8. The lowest BCUT2D eigenvalue weighted by Gasteiger charge is -2.42. The van der Waals surface area contributed by atoms with Crippen LogP contribution in [0, 0.1) is 5.92 Å². The van der Waals surface area contributed by atoms with Gasteiger partial charge in [0.2, 0.25) is 0 Å². The summed E-state index contributed by atoms with van der Waals surface area (Å²) >= 11 is 0. The van der Waals surface area contributed by atoms with Crippen molar-refractivity contribution >= 4 is 5.97 Å². The number of rotatable bonds is 5. The number of carbonyl (C=O) groups excluding carboxylic acids is 1. The summed E-state index contributed by atoms with van der Waals surface area (Å²) in [7, 11) is 0. The van der Waals surface area contributed by atoms with Gasteiger partial charge in [0.25, 0.3) is 0 Å². The molecule has 1 aromatic rings. The molecule has 0 unspecified atom stereocenters. The zero-order chi connectivity index (χ0) is 15.3. The van der Waals surface area contributed by atoms with Crippen LogP contribution >= 0.6 is 0 Å². The lowest BCUT2D eigenvalue weighted by Crippen LogP contribution is -2.42. The summed E-state index contributed by atoms with van der Waals surface area (Å²) in [5.74, 6) is 1.05. The first-order chi connectivity index (χ1) is 10.1. The van der Waals surface area contributed by atoms with E-state index in [1.165, 1.54) is 25.3 Å². The van der Waals surface area contributed by atoms with Crippen molar-refractivity contribution in [3.05, 3.63) is 35.9 Å². The minimum Gasteiger partial charge on any atom is -0.459 e. The molecule has 0 heterocycles. The molecule has 116 valence electrons. The van der Waals surface area contributed by atoms with E-state index in [4.69, 9.17) is 4.74 Å². The number of hydrogen-bond acceptors (Lipinski definition) is 2. The molecule has 1 aliphatic carbocycles. The van der Waals surface area contributed by atoms with Crippen molar-refractivity contribution < 1.29 is 9.53 Å². The first kappa shape index (κ1) is 16.1. The first-order valence-electron chi connectivity index (χ1n) is 8.35. The highest BCUT2D eigenvalue weighted by Gasteiger charge is 2.40. The Bertz CT molecular complexity index is 440. The smallest absolute Gasteiger partial charge is 0.303 e. The predicted octanol–water partition coefficient (Wildman–Crippen LogP) is 5.08. The molecule has 2 nitrogen and oxygen atoms in total. The third-order valence-electron chi connectivity index (χ3n) is 5.29. The van der Waals surface area contributed by atoms with Crippen molar-refractivity contribution in [2.75, 3.05) is 0 Å². The standard InChI is InChI=1S/C19H28O2/c1-4-19(5-2,21-15(3)20)18-13-11-17(12-14-18)16-9-7-6-8-10-16/h6-10,17-18H,4-5,11-14H2,1-3H3. The Morgan fingerprint density at radius 2 is 1.67 bits per heavy atom. The van der Waals surface area contributed by atoms with Gasteiger partial charge in [0.05, 0.1) is 0 Å². The van der Waals surface area contributed by atoms with E-state index in [-0.39, 0.29) is 11.6 Å². The fraction of sp³-hybridized carbons (Fsp3) is 0.632. The van der Waals surface area contributed by atoms with Crippen LogP contribution in [0.25, 0.3) is 0 Å². The van der Waals surface area contributed by atoms with Crippen LogP contribution in [0.4, 0.5) is 0 Å². The topological polar surface area (TPSA) is 26.3 Å². The zero-order valence-corrected chi connectivity index (χ0v) is 13.6. The summed E-state index contributed by atoms with van der Waals surface area (Å²) in [6.07, 6.45) is 6.58. The fourth-order valence-electron chi connectivity index (χ4n) is 4.02. The highest BCUT2D eigenvalue weighted by molar-refractivity contribution is 5.66. The molecule has 0 atom stereocenters. The predicted molar refractivity (Wildman–Crippen MR) is 86.2 cm³/mol. The fourth-order valence-corrected chi connectivity index (χ4v) is 4.02. The van der Waals surface area contributed by atoms with Crippen LogP contribution in [0.5, 0.6) is 0 Å². The summed E-state index contributed by atoms with van der Waals surface area (Å²) in [4.78, 5) is 11.5. The van der Waals surface area contributed by atoms with Crippen molar-refractivity contribution in [2.24, 2.45) is 5.92 Å². The molecule has 0 bridgehead atoms. The minimum absolute atomic E-state index is 0.135. The Balaban J connectivity index is 2.03. The summed E-state index contributed by atoms with van der Waals surface area (Å²) in [5, 5.41) is 0. The Kier molecular flexibility index (Phi) is 5.44. The van der Waals surface area contributed by atoms with Gasteiger partial charge in [0.15, 0.2) is 0 Å². The quantitative estimate of drug-likeness (QED) is 0.706. The van der Waals surface area contributed by atoms with Crippen LogP contribution < -0.4 is 0 Å². The van der Waals surface area contributed by atoms with Gasteiger partial charge in [-0.2, -0.15) is 0 Å². The Morgan fingerprint density at radius 3 is 2.14 bits per heavy atom. The van der Waals surface area contributed by atoms with Gasteiger partial charge in [0, 0.05) is 6.92 Å². The van der Waals surface area contributed by atoms with Crippen molar-refractivity contribution in [3.8, 4) is 0 Å². The van der Waals surface area contributed by atoms with Gasteiger partial charge in [0.1, 0.15) is 5.60 Å². The van der Waals surface area contributed by atoms with Gasteiger partial charge in [-0.15, -0.1) is 0 Å². The van der Waals surface area contributed by atoms with Crippen LogP contribution in [-0.2, 0) is 9.53 Å². The molecule has 2 rings (SSSR count). The molecule has 0 N–H and O–H groups in total. The van der Waals surface area contributed by atoms with Crippen molar-refractivity contribution in [3.63, 3.8) is 0 Å². The van der Waals surface area contributed by atoms with Gasteiger partial charge in [-0.05, 0) is 55.9 Å². The van der Waals surface area contributed by atoms with E-state index >= 15 is 0 Å². The lowest BCUT2D eigenvalue weighted by atomic mass is 9.70. The van der Waals surface area contributed by atoms with E-state index < -0.39 is 0 Å². The average Bonchev–Trinajstić information content (AvgIpc) is 2.53. The first-order valence-corrected chi connectivity index (χ1v) is 8.35. The molecule has 21 heavy (non-hydrogen) atoms. The maximum absolute atomic E-state index is 11.5. The van der Waals surface area contributed by atoms with Gasteiger partial charge in [-0.3, -0.25) is 4.79 Å². The van der Waals surface area contributed by atoms with Crippen LogP contribution in [0.3, 0.4) is 0 Å². The number of hydrogen-bond donors (Lipinski definition) is 0. The Morgan fingerprint density at radius 1 is 1.10 bits per heavy atom. The molecule has 1 fully saturated rings. The summed E-state index contributed by atoms with van der Waals surface area (Å²) < 4.78 is 5.78. The van der Waals surface area contributed by atoms with Gasteiger partial charge >= 0.3 is 5.97 Å². The van der Waals surface area contributed by atoms with E-state index in [0.29, 0.717) is 11.8 Å². The molecule has 2 heteroatoms. The molecule has 1 aromatic carbocycles. The van der Waals surface area contributed by atoms with Crippen molar-refractivity contribution in [1.82, 2.24) is 0 Å². The molecule has 0 radical (unpaired) electrons. The van der Waals surface area contributed by atoms with Crippen molar-refractivity contribution in [2.45, 2.75) is 70.8 Å². The van der Waals surface area contributed by atoms with E-state index in [9.17, 15) is 4.79 Å². The van der Waals surface area contributed by atoms with E-state index in [1.54, 1.807) is 0 Å². The Hall–Kier alpha value is -1.31. The van der Waals surface area contributed by atoms with Gasteiger partial charge in [-0.25, -0.2) is 0 Å². The SMILES string of the molecule is CCC(CC)(OC(C)=O)C1CCC(c2ccccc2)CC1. The van der Waals surface area contributed by atoms with Crippen LogP contribution in [0.1, 0.15) is 70.8 Å². The number of ether oxygens (including phenoxy) is 1. The van der Waals surface area contributed by atoms with Gasteiger partial charge < -0.3 is 4.74 Å². The molecule has 0 spiro atoms. The van der Waals surface area contributed by atoms with Crippen molar-refractivity contribution in [1.29, 1.82) is 0 Å². The molecular formula is C19H28O2. The van der Waals surface area contributed by atoms with Crippen LogP contribution in [0.2, 0.25) is 0 Å². The highest BCUT2D eigenvalue weighted by atomic mass is 16.6. The number of carbonyl (C=O) groups is 1. The molecule has 0 aliphatic heterocycles. The third-order valence-corrected chi connectivity index (χ3v) is 5.29. The summed E-state index contributed by atoms with van der Waals surface area (Å²) in [6.45, 7) is 5.83. The van der Waals surface area contributed by atoms with E-state index in [0.717, 1.165) is 25.7 Å². The molecule has 1 saturated carbocycles. The van der Waals surface area contributed by atoms with E-state index in [2.05, 4.69) is 44.2 Å². The molecular weight excluding hydrogens is 260 g/mol.